The van der Waals surface area contributed by atoms with Gasteiger partial charge in [-0.25, -0.2) is 4.39 Å². The van der Waals surface area contributed by atoms with E-state index in [0.717, 1.165) is 11.8 Å². The molecule has 0 saturated carbocycles. The lowest BCUT2D eigenvalue weighted by Crippen LogP contribution is -1.99. The minimum absolute atomic E-state index is 0.210. The summed E-state index contributed by atoms with van der Waals surface area (Å²) in [6, 6.07) is 3.18. The molecule has 0 aliphatic heterocycles. The number of hydrogen-bond donors (Lipinski definition) is 0. The maximum atomic E-state index is 13.6. The van der Waals surface area contributed by atoms with E-state index in [2.05, 4.69) is 0 Å². The summed E-state index contributed by atoms with van der Waals surface area (Å²) in [4.78, 5) is 10.3. The normalized spacial score (nSPS) is 10.2. The predicted octanol–water partition coefficient (Wildman–Crippen LogP) is 2.11. The van der Waals surface area contributed by atoms with Gasteiger partial charge in [0.15, 0.2) is 11.6 Å². The Morgan fingerprint density at radius 1 is 1.38 bits per heavy atom. The number of benzene rings is 1. The van der Waals surface area contributed by atoms with Crippen LogP contribution in [0.1, 0.15) is 17.5 Å². The standard InChI is InChI=1S/C12H15FO3/c1-15-8-9-6-10(4-3-5-14)12(16-2)11(13)7-9/h5-7H,3-4,8H2,1-2H3. The van der Waals surface area contributed by atoms with Gasteiger partial charge in [-0.15, -0.1) is 0 Å². The molecular weight excluding hydrogens is 211 g/mol. The molecule has 1 rings (SSSR count). The predicted molar refractivity (Wildman–Crippen MR) is 58.1 cm³/mol. The molecule has 0 spiro atoms. The summed E-state index contributed by atoms with van der Waals surface area (Å²) in [5.41, 5.74) is 1.43. The minimum Gasteiger partial charge on any atom is -0.493 e. The van der Waals surface area contributed by atoms with E-state index in [1.165, 1.54) is 13.2 Å². The van der Waals surface area contributed by atoms with Crippen molar-refractivity contribution in [1.82, 2.24) is 0 Å². The highest BCUT2D eigenvalue weighted by molar-refractivity contribution is 5.51. The second-order valence-corrected chi connectivity index (χ2v) is 3.41. The third-order valence-corrected chi connectivity index (χ3v) is 2.23. The van der Waals surface area contributed by atoms with Crippen LogP contribution < -0.4 is 4.74 Å². The van der Waals surface area contributed by atoms with E-state index in [9.17, 15) is 9.18 Å². The van der Waals surface area contributed by atoms with Crippen LogP contribution in [0.4, 0.5) is 4.39 Å². The van der Waals surface area contributed by atoms with Crippen LogP contribution in [-0.4, -0.2) is 20.5 Å². The second-order valence-electron chi connectivity index (χ2n) is 3.41. The van der Waals surface area contributed by atoms with Gasteiger partial charge in [0.2, 0.25) is 0 Å². The van der Waals surface area contributed by atoms with Gasteiger partial charge in [0.1, 0.15) is 6.29 Å². The van der Waals surface area contributed by atoms with Crippen molar-refractivity contribution >= 4 is 6.29 Å². The topological polar surface area (TPSA) is 35.5 Å². The number of hydrogen-bond acceptors (Lipinski definition) is 3. The highest BCUT2D eigenvalue weighted by atomic mass is 19.1. The number of rotatable bonds is 6. The average Bonchev–Trinajstić information content (AvgIpc) is 2.26. The Morgan fingerprint density at radius 2 is 2.12 bits per heavy atom. The van der Waals surface area contributed by atoms with Crippen LogP contribution in [0.2, 0.25) is 0 Å². The van der Waals surface area contributed by atoms with Crippen LogP contribution in [0, 0.1) is 5.82 Å². The maximum Gasteiger partial charge on any atom is 0.165 e. The zero-order chi connectivity index (χ0) is 12.0. The van der Waals surface area contributed by atoms with Crippen LogP contribution in [-0.2, 0) is 22.6 Å². The lowest BCUT2D eigenvalue weighted by atomic mass is 10.1. The van der Waals surface area contributed by atoms with Crippen molar-refractivity contribution in [3.05, 3.63) is 29.1 Å². The molecule has 0 saturated heterocycles. The largest absolute Gasteiger partial charge is 0.493 e. The number of carbonyl (C=O) groups is 1. The van der Waals surface area contributed by atoms with Crippen LogP contribution in [0.5, 0.6) is 5.75 Å². The van der Waals surface area contributed by atoms with E-state index in [1.54, 1.807) is 13.2 Å². The van der Waals surface area contributed by atoms with Crippen LogP contribution >= 0.6 is 0 Å². The van der Waals surface area contributed by atoms with Crippen molar-refractivity contribution in [2.24, 2.45) is 0 Å². The molecule has 3 nitrogen and oxygen atoms in total. The molecule has 0 heterocycles. The SMILES string of the molecule is COCc1cc(F)c(OC)c(CCC=O)c1. The number of aldehydes is 1. The molecule has 0 radical (unpaired) electrons. The minimum atomic E-state index is -0.419. The first-order chi connectivity index (χ1) is 7.72. The summed E-state index contributed by atoms with van der Waals surface area (Å²) in [7, 11) is 2.96. The Hall–Kier alpha value is -1.42. The van der Waals surface area contributed by atoms with Gasteiger partial charge in [0.25, 0.3) is 0 Å². The van der Waals surface area contributed by atoms with Gasteiger partial charge in [0, 0.05) is 13.5 Å². The van der Waals surface area contributed by atoms with Crippen LogP contribution in [0.3, 0.4) is 0 Å². The number of methoxy groups -OCH3 is 2. The fourth-order valence-electron chi connectivity index (χ4n) is 1.59. The lowest BCUT2D eigenvalue weighted by Gasteiger charge is -2.11. The molecule has 88 valence electrons. The quantitative estimate of drug-likeness (QED) is 0.697. The van der Waals surface area contributed by atoms with Crippen molar-refractivity contribution in [3.63, 3.8) is 0 Å². The van der Waals surface area contributed by atoms with E-state index in [0.29, 0.717) is 25.0 Å². The van der Waals surface area contributed by atoms with Gasteiger partial charge in [-0.05, 0) is 29.7 Å². The van der Waals surface area contributed by atoms with Crippen LogP contribution in [0.25, 0.3) is 0 Å². The van der Waals surface area contributed by atoms with Crippen LogP contribution in [0.15, 0.2) is 12.1 Å². The molecule has 1 aromatic carbocycles. The summed E-state index contributed by atoms with van der Waals surface area (Å²) < 4.78 is 23.5. The van der Waals surface area contributed by atoms with E-state index >= 15 is 0 Å². The first-order valence-corrected chi connectivity index (χ1v) is 5.00. The number of carbonyl (C=O) groups excluding carboxylic acids is 1. The molecule has 4 heteroatoms. The summed E-state index contributed by atoms with van der Waals surface area (Å²) in [5, 5.41) is 0. The first kappa shape index (κ1) is 12.6. The number of halogens is 1. The van der Waals surface area contributed by atoms with Crippen molar-refractivity contribution in [3.8, 4) is 5.75 Å². The molecule has 0 aliphatic carbocycles. The Labute approximate surface area is 94.2 Å². The van der Waals surface area contributed by atoms with Gasteiger partial charge < -0.3 is 14.3 Å². The second kappa shape index (κ2) is 6.23. The van der Waals surface area contributed by atoms with Gasteiger partial charge in [0.05, 0.1) is 13.7 Å². The third-order valence-electron chi connectivity index (χ3n) is 2.23. The number of aryl methyl sites for hydroxylation is 1. The maximum absolute atomic E-state index is 13.6. The Bertz CT molecular complexity index is 364. The smallest absolute Gasteiger partial charge is 0.165 e. The summed E-state index contributed by atoms with van der Waals surface area (Å²) in [6.07, 6.45) is 1.63. The zero-order valence-electron chi connectivity index (χ0n) is 9.46. The van der Waals surface area contributed by atoms with Crippen molar-refractivity contribution < 1.29 is 18.7 Å². The van der Waals surface area contributed by atoms with E-state index < -0.39 is 5.82 Å². The van der Waals surface area contributed by atoms with Crippen molar-refractivity contribution in [2.75, 3.05) is 14.2 Å². The zero-order valence-corrected chi connectivity index (χ0v) is 9.46. The molecule has 1 aromatic rings. The monoisotopic (exact) mass is 226 g/mol. The molecule has 0 atom stereocenters. The van der Waals surface area contributed by atoms with Crippen molar-refractivity contribution in [2.45, 2.75) is 19.4 Å². The molecule has 0 bridgehead atoms. The molecule has 16 heavy (non-hydrogen) atoms. The van der Waals surface area contributed by atoms with E-state index in [-0.39, 0.29) is 5.75 Å². The first-order valence-electron chi connectivity index (χ1n) is 5.00. The molecule has 0 amide bonds. The molecule has 0 N–H and O–H groups in total. The van der Waals surface area contributed by atoms with Gasteiger partial charge >= 0.3 is 0 Å². The highest BCUT2D eigenvalue weighted by Gasteiger charge is 2.11. The Balaban J connectivity index is 3.03. The molecule has 0 aliphatic rings. The summed E-state index contributed by atoms with van der Waals surface area (Å²) in [5.74, 6) is -0.209. The van der Waals surface area contributed by atoms with E-state index in [1.807, 2.05) is 0 Å². The summed E-state index contributed by atoms with van der Waals surface area (Å²) >= 11 is 0. The average molecular weight is 226 g/mol. The molecular formula is C12H15FO3. The van der Waals surface area contributed by atoms with Gasteiger partial charge in [-0.3, -0.25) is 0 Å². The molecule has 0 aromatic heterocycles. The van der Waals surface area contributed by atoms with Crippen molar-refractivity contribution in [1.29, 1.82) is 0 Å². The third kappa shape index (κ3) is 3.03. The fraction of sp³-hybridized carbons (Fsp3) is 0.417. The van der Waals surface area contributed by atoms with Gasteiger partial charge in [-0.2, -0.15) is 0 Å². The Kier molecular flexibility index (Phi) is 4.92. The lowest BCUT2D eigenvalue weighted by molar-refractivity contribution is -0.107. The molecule has 0 fully saturated rings. The fourth-order valence-corrected chi connectivity index (χ4v) is 1.59. The van der Waals surface area contributed by atoms with Gasteiger partial charge in [-0.1, -0.05) is 0 Å². The highest BCUT2D eigenvalue weighted by Crippen LogP contribution is 2.25. The Morgan fingerprint density at radius 3 is 2.69 bits per heavy atom. The number of ether oxygens (including phenoxy) is 2. The van der Waals surface area contributed by atoms with E-state index in [4.69, 9.17) is 9.47 Å². The molecule has 0 unspecified atom stereocenters. The summed E-state index contributed by atoms with van der Waals surface area (Å²) in [6.45, 7) is 0.342.